The first-order chi connectivity index (χ1) is 13.2. The zero-order chi connectivity index (χ0) is 20.4. The van der Waals surface area contributed by atoms with Crippen molar-refractivity contribution in [2.24, 2.45) is 0 Å². The second-order valence-electron chi connectivity index (χ2n) is 6.38. The largest absolute Gasteiger partial charge is 0.369 e. The van der Waals surface area contributed by atoms with Crippen molar-refractivity contribution < 1.29 is 16.8 Å². The lowest BCUT2D eigenvalue weighted by Crippen LogP contribution is -2.26. The van der Waals surface area contributed by atoms with E-state index in [1.54, 1.807) is 12.1 Å². The highest BCUT2D eigenvalue weighted by Gasteiger charge is 2.24. The molecule has 0 amide bonds. The number of anilines is 3. The van der Waals surface area contributed by atoms with Crippen LogP contribution >= 0.6 is 0 Å². The topological polar surface area (TPSA) is 133 Å². The van der Waals surface area contributed by atoms with Crippen LogP contribution in [0.5, 0.6) is 0 Å². The minimum atomic E-state index is -3.72. The zero-order valence-electron chi connectivity index (χ0n) is 15.5. The van der Waals surface area contributed by atoms with E-state index in [9.17, 15) is 16.8 Å². The van der Waals surface area contributed by atoms with E-state index in [4.69, 9.17) is 0 Å². The van der Waals surface area contributed by atoms with Gasteiger partial charge in [-0.1, -0.05) is 6.07 Å². The molecule has 10 nitrogen and oxygen atoms in total. The predicted molar refractivity (Wildman–Crippen MR) is 106 cm³/mol. The van der Waals surface area contributed by atoms with Gasteiger partial charge in [0.05, 0.1) is 11.1 Å². The lowest BCUT2D eigenvalue weighted by molar-refractivity contribution is 0.520. The molecule has 0 fully saturated rings. The molecule has 1 aromatic heterocycles. The molecule has 1 aromatic carbocycles. The third-order valence-corrected chi connectivity index (χ3v) is 7.38. The molecule has 12 heteroatoms. The molecule has 3 rings (SSSR count). The Kier molecular flexibility index (Phi) is 5.84. The second-order valence-corrected chi connectivity index (χ2v) is 10.3. The Morgan fingerprint density at radius 1 is 1.14 bits per heavy atom. The Morgan fingerprint density at radius 3 is 2.64 bits per heavy atom. The Labute approximate surface area is 164 Å². The monoisotopic (exact) mass is 426 g/mol. The first kappa shape index (κ1) is 20.5. The molecule has 0 spiro atoms. The number of aromatic nitrogens is 2. The number of nitrogens with one attached hydrogen (secondary N) is 3. The molecule has 0 atom stereocenters. The Balaban J connectivity index is 2.05. The van der Waals surface area contributed by atoms with Gasteiger partial charge < -0.3 is 10.6 Å². The maximum atomic E-state index is 12.5. The van der Waals surface area contributed by atoms with Crippen LogP contribution in [0.3, 0.4) is 0 Å². The van der Waals surface area contributed by atoms with Gasteiger partial charge in [-0.3, -0.25) is 0 Å². The van der Waals surface area contributed by atoms with E-state index in [0.717, 1.165) is 4.31 Å². The summed E-state index contributed by atoms with van der Waals surface area (Å²) in [4.78, 5) is 8.48. The van der Waals surface area contributed by atoms with Gasteiger partial charge in [-0.05, 0) is 31.0 Å². The molecule has 28 heavy (non-hydrogen) atoms. The smallest absolute Gasteiger partial charge is 0.247 e. The van der Waals surface area contributed by atoms with Crippen molar-refractivity contribution in [3.05, 3.63) is 30.5 Å². The van der Waals surface area contributed by atoms with E-state index in [-0.39, 0.29) is 28.1 Å². The molecular formula is C16H22N6O4S2. The fourth-order valence-electron chi connectivity index (χ4n) is 2.56. The van der Waals surface area contributed by atoms with Crippen LogP contribution in [0, 0.1) is 0 Å². The summed E-state index contributed by atoms with van der Waals surface area (Å²) < 4.78 is 53.5. The molecule has 1 aliphatic heterocycles. The Bertz CT molecular complexity index is 1070. The van der Waals surface area contributed by atoms with Crippen molar-refractivity contribution in [3.8, 4) is 0 Å². The van der Waals surface area contributed by atoms with Crippen molar-refractivity contribution in [2.75, 3.05) is 37.8 Å². The van der Waals surface area contributed by atoms with Crippen LogP contribution in [0.2, 0.25) is 0 Å². The molecule has 2 heterocycles. The van der Waals surface area contributed by atoms with E-state index < -0.39 is 20.0 Å². The predicted octanol–water partition coefficient (Wildman–Crippen LogP) is 0.954. The zero-order valence-corrected chi connectivity index (χ0v) is 17.1. The van der Waals surface area contributed by atoms with Gasteiger partial charge in [-0.2, -0.15) is 4.98 Å². The van der Waals surface area contributed by atoms with Crippen molar-refractivity contribution in [1.82, 2.24) is 19.0 Å². The molecular weight excluding hydrogens is 404 g/mol. The number of hydrogen-bond acceptors (Lipinski definition) is 8. The Morgan fingerprint density at radius 2 is 1.89 bits per heavy atom. The average molecular weight is 427 g/mol. The van der Waals surface area contributed by atoms with E-state index in [1.807, 2.05) is 0 Å². The molecule has 1 aliphatic rings. The SMILES string of the molecule is CN(C)S(=O)(=O)c1cnc2nc1NCCCCNS(=O)(=O)c1cccc(c1)N2. The van der Waals surface area contributed by atoms with E-state index in [0.29, 0.717) is 25.1 Å². The van der Waals surface area contributed by atoms with Crippen molar-refractivity contribution in [3.63, 3.8) is 0 Å². The fourth-order valence-corrected chi connectivity index (χ4v) is 4.62. The highest BCUT2D eigenvalue weighted by Crippen LogP contribution is 2.24. The van der Waals surface area contributed by atoms with Crippen LogP contribution in [0.25, 0.3) is 0 Å². The van der Waals surface area contributed by atoms with E-state index in [1.165, 1.54) is 32.4 Å². The van der Waals surface area contributed by atoms with Crippen LogP contribution in [-0.4, -0.2) is 58.3 Å². The van der Waals surface area contributed by atoms with Crippen LogP contribution in [0.1, 0.15) is 12.8 Å². The van der Waals surface area contributed by atoms with Crippen LogP contribution in [-0.2, 0) is 20.0 Å². The average Bonchev–Trinajstić information content (AvgIpc) is 2.64. The summed E-state index contributed by atoms with van der Waals surface area (Å²) in [7, 11) is -4.46. The van der Waals surface area contributed by atoms with Gasteiger partial charge in [-0.25, -0.2) is 30.8 Å². The number of rotatable bonds is 2. The van der Waals surface area contributed by atoms with Gasteiger partial charge in [0.2, 0.25) is 26.0 Å². The highest BCUT2D eigenvalue weighted by atomic mass is 32.2. The van der Waals surface area contributed by atoms with Gasteiger partial charge in [0.1, 0.15) is 4.90 Å². The van der Waals surface area contributed by atoms with Crippen molar-refractivity contribution in [1.29, 1.82) is 0 Å². The number of fused-ring (bicyclic) bond motifs is 4. The minimum absolute atomic E-state index is 0.0235. The van der Waals surface area contributed by atoms with E-state index in [2.05, 4.69) is 25.3 Å². The fraction of sp³-hybridized carbons (Fsp3) is 0.375. The van der Waals surface area contributed by atoms with Gasteiger partial charge in [0.25, 0.3) is 0 Å². The molecule has 3 N–H and O–H groups in total. The summed E-state index contributed by atoms with van der Waals surface area (Å²) in [5.41, 5.74) is 0.467. The molecule has 0 saturated heterocycles. The molecule has 0 unspecified atom stereocenters. The number of benzene rings is 1. The number of nitrogens with zero attached hydrogens (tertiary/aromatic N) is 3. The minimum Gasteiger partial charge on any atom is -0.369 e. The first-order valence-electron chi connectivity index (χ1n) is 8.60. The van der Waals surface area contributed by atoms with Gasteiger partial charge in [-0.15, -0.1) is 0 Å². The lowest BCUT2D eigenvalue weighted by Gasteiger charge is -2.17. The second kappa shape index (κ2) is 7.99. The maximum Gasteiger partial charge on any atom is 0.247 e. The summed E-state index contributed by atoms with van der Waals surface area (Å²) in [5, 5.41) is 5.94. The van der Waals surface area contributed by atoms with Gasteiger partial charge >= 0.3 is 0 Å². The summed E-state index contributed by atoms with van der Waals surface area (Å²) in [6, 6.07) is 6.24. The summed E-state index contributed by atoms with van der Waals surface area (Å²) in [6.45, 7) is 0.707. The third-order valence-electron chi connectivity index (χ3n) is 4.10. The Hall–Kier alpha value is -2.28. The molecule has 0 aliphatic carbocycles. The summed E-state index contributed by atoms with van der Waals surface area (Å²) >= 11 is 0. The molecule has 4 bridgehead atoms. The van der Waals surface area contributed by atoms with Crippen LogP contribution in [0.4, 0.5) is 17.5 Å². The van der Waals surface area contributed by atoms with Crippen molar-refractivity contribution >= 4 is 37.5 Å². The maximum absolute atomic E-state index is 12.5. The van der Waals surface area contributed by atoms with Crippen LogP contribution in [0.15, 0.2) is 40.3 Å². The molecule has 0 radical (unpaired) electrons. The molecule has 152 valence electrons. The quantitative estimate of drug-likeness (QED) is 0.646. The third kappa shape index (κ3) is 4.41. The van der Waals surface area contributed by atoms with E-state index >= 15 is 0 Å². The number of sulfonamides is 2. The standard InChI is InChI=1S/C16H22N6O4S2/c1-22(2)28(25,26)14-11-18-16-20-12-6-5-7-13(10-12)27(23,24)19-9-4-3-8-17-15(14)21-16/h5-7,10-11,19H,3-4,8-9H2,1-2H3,(H2,17,18,20,21). The summed E-state index contributed by atoms with van der Waals surface area (Å²) in [6.07, 6.45) is 2.44. The lowest BCUT2D eigenvalue weighted by atomic mass is 10.3. The number of hydrogen-bond donors (Lipinski definition) is 3. The highest BCUT2D eigenvalue weighted by molar-refractivity contribution is 7.89. The summed E-state index contributed by atoms with van der Waals surface area (Å²) in [5.74, 6) is 0.347. The van der Waals surface area contributed by atoms with Gasteiger partial charge in [0, 0.05) is 32.9 Å². The van der Waals surface area contributed by atoms with Crippen molar-refractivity contribution in [2.45, 2.75) is 22.6 Å². The normalized spacial score (nSPS) is 17.2. The van der Waals surface area contributed by atoms with Gasteiger partial charge in [0.15, 0.2) is 5.82 Å². The van der Waals surface area contributed by atoms with Crippen LogP contribution < -0.4 is 15.4 Å². The first-order valence-corrected chi connectivity index (χ1v) is 11.5. The molecule has 0 saturated carbocycles. The molecule has 2 aromatic rings.